The predicted molar refractivity (Wildman–Crippen MR) is 73.2 cm³/mol. The molecule has 20 heavy (non-hydrogen) atoms. The molecule has 1 amide bonds. The Morgan fingerprint density at radius 3 is 2.50 bits per heavy atom. The smallest absolute Gasteiger partial charge is 0.326 e. The molecule has 0 fully saturated rings. The van der Waals surface area contributed by atoms with E-state index in [1.54, 1.807) is 18.5 Å². The number of nitrogens with zero attached hydrogens (tertiary/aromatic N) is 3. The van der Waals surface area contributed by atoms with Crippen LogP contribution in [0.2, 0.25) is 0 Å². The van der Waals surface area contributed by atoms with Crippen molar-refractivity contribution in [3.63, 3.8) is 0 Å². The normalized spacial score (nSPS) is 12.7. The summed E-state index contributed by atoms with van der Waals surface area (Å²) in [7, 11) is 0. The zero-order chi connectivity index (χ0) is 15.3. The first-order valence-corrected chi connectivity index (χ1v) is 6.75. The molecule has 7 nitrogen and oxygen atoms in total. The molecule has 1 heterocycles. The maximum atomic E-state index is 11.9. The minimum absolute atomic E-state index is 0.139. The van der Waals surface area contributed by atoms with E-state index in [9.17, 15) is 9.59 Å². The van der Waals surface area contributed by atoms with Crippen molar-refractivity contribution in [3.05, 3.63) is 11.9 Å². The molecule has 0 radical (unpaired) electrons. The van der Waals surface area contributed by atoms with Gasteiger partial charge in [0.15, 0.2) is 5.69 Å². The number of carboxylic acids is 1. The molecule has 2 N–H and O–H groups in total. The Hall–Kier alpha value is -1.92. The molecule has 0 aliphatic rings. The van der Waals surface area contributed by atoms with Crippen molar-refractivity contribution in [3.8, 4) is 0 Å². The average Bonchev–Trinajstić information content (AvgIpc) is 2.81. The van der Waals surface area contributed by atoms with Crippen LogP contribution in [0.4, 0.5) is 0 Å². The van der Waals surface area contributed by atoms with Gasteiger partial charge in [0, 0.05) is 6.54 Å². The highest BCUT2D eigenvalue weighted by molar-refractivity contribution is 5.94. The molecule has 0 aromatic carbocycles. The minimum Gasteiger partial charge on any atom is -0.480 e. The van der Waals surface area contributed by atoms with Crippen molar-refractivity contribution in [2.24, 2.45) is 11.8 Å². The molecule has 1 aromatic heterocycles. The first-order valence-electron chi connectivity index (χ1n) is 6.75. The highest BCUT2D eigenvalue weighted by Crippen LogP contribution is 2.05. The van der Waals surface area contributed by atoms with E-state index in [-0.39, 0.29) is 11.6 Å². The standard InChI is InChI=1S/C13H22N4O3/c1-8(2)5-6-17-7-10(15-16-17)12(18)14-11(9(3)4)13(19)20/h7-9,11H,5-6H2,1-4H3,(H,14,18)(H,19,20)/t11-/m1/s1. The quantitative estimate of drug-likeness (QED) is 0.782. The fourth-order valence-electron chi connectivity index (χ4n) is 1.63. The Balaban J connectivity index is 2.66. The van der Waals surface area contributed by atoms with Crippen LogP contribution in [0.3, 0.4) is 0 Å². The number of nitrogens with one attached hydrogen (secondary N) is 1. The van der Waals surface area contributed by atoms with Crippen LogP contribution < -0.4 is 5.32 Å². The van der Waals surface area contributed by atoms with Gasteiger partial charge < -0.3 is 10.4 Å². The number of aryl methyl sites for hydroxylation is 1. The number of carboxylic acid groups (broad SMARTS) is 1. The highest BCUT2D eigenvalue weighted by atomic mass is 16.4. The third kappa shape index (κ3) is 4.64. The number of aromatic nitrogens is 3. The number of rotatable bonds is 7. The Morgan fingerprint density at radius 1 is 1.35 bits per heavy atom. The molecule has 0 aliphatic heterocycles. The molecule has 0 unspecified atom stereocenters. The van der Waals surface area contributed by atoms with E-state index in [1.165, 1.54) is 6.20 Å². The topological polar surface area (TPSA) is 97.1 Å². The van der Waals surface area contributed by atoms with E-state index in [1.807, 2.05) is 0 Å². The Morgan fingerprint density at radius 2 is 2.00 bits per heavy atom. The van der Waals surface area contributed by atoms with E-state index in [4.69, 9.17) is 5.11 Å². The van der Waals surface area contributed by atoms with E-state index < -0.39 is 17.9 Å². The summed E-state index contributed by atoms with van der Waals surface area (Å²) in [4.78, 5) is 23.0. The van der Waals surface area contributed by atoms with Crippen molar-refractivity contribution in [2.75, 3.05) is 0 Å². The van der Waals surface area contributed by atoms with Crippen LogP contribution in [0, 0.1) is 11.8 Å². The summed E-state index contributed by atoms with van der Waals surface area (Å²) >= 11 is 0. The van der Waals surface area contributed by atoms with Gasteiger partial charge in [-0.1, -0.05) is 32.9 Å². The first kappa shape index (κ1) is 16.1. The lowest BCUT2D eigenvalue weighted by molar-refractivity contribution is -0.140. The van der Waals surface area contributed by atoms with Crippen molar-refractivity contribution in [1.29, 1.82) is 0 Å². The Bertz CT molecular complexity index is 468. The van der Waals surface area contributed by atoms with Crippen LogP contribution in [-0.4, -0.2) is 38.0 Å². The molecule has 112 valence electrons. The van der Waals surface area contributed by atoms with Gasteiger partial charge in [0.1, 0.15) is 6.04 Å². The van der Waals surface area contributed by atoms with Crippen LogP contribution in [0.5, 0.6) is 0 Å². The lowest BCUT2D eigenvalue weighted by Crippen LogP contribution is -2.44. The van der Waals surface area contributed by atoms with Crippen LogP contribution in [0.1, 0.15) is 44.6 Å². The molecule has 7 heteroatoms. The molecule has 0 bridgehead atoms. The van der Waals surface area contributed by atoms with E-state index in [2.05, 4.69) is 29.5 Å². The molecular weight excluding hydrogens is 260 g/mol. The van der Waals surface area contributed by atoms with Crippen molar-refractivity contribution in [1.82, 2.24) is 20.3 Å². The molecule has 0 saturated carbocycles. The number of hydrogen-bond donors (Lipinski definition) is 2. The van der Waals surface area contributed by atoms with Gasteiger partial charge in [-0.25, -0.2) is 4.79 Å². The minimum atomic E-state index is -1.06. The summed E-state index contributed by atoms with van der Waals surface area (Å²) < 4.78 is 1.60. The number of carbonyl (C=O) groups excluding carboxylic acids is 1. The van der Waals surface area contributed by atoms with Crippen LogP contribution in [0.15, 0.2) is 6.20 Å². The monoisotopic (exact) mass is 282 g/mol. The number of amides is 1. The molecule has 0 saturated heterocycles. The third-order valence-electron chi connectivity index (χ3n) is 2.93. The SMILES string of the molecule is CC(C)CCn1cc(C(=O)N[C@@H](C(=O)O)C(C)C)nn1. The lowest BCUT2D eigenvalue weighted by Gasteiger charge is -2.16. The summed E-state index contributed by atoms with van der Waals surface area (Å²) in [5, 5.41) is 19.1. The van der Waals surface area contributed by atoms with E-state index in [0.717, 1.165) is 6.42 Å². The molecular formula is C13H22N4O3. The second kappa shape index (κ2) is 7.02. The predicted octanol–water partition coefficient (Wildman–Crippen LogP) is 1.16. The second-order valence-electron chi connectivity index (χ2n) is 5.58. The van der Waals surface area contributed by atoms with E-state index >= 15 is 0 Å². The molecule has 0 aliphatic carbocycles. The summed E-state index contributed by atoms with van der Waals surface area (Å²) in [5.74, 6) is -1.23. The zero-order valence-corrected chi connectivity index (χ0v) is 12.3. The molecule has 1 rings (SSSR count). The van der Waals surface area contributed by atoms with Crippen molar-refractivity contribution >= 4 is 11.9 Å². The number of hydrogen-bond acceptors (Lipinski definition) is 4. The lowest BCUT2D eigenvalue weighted by atomic mass is 10.0. The summed E-state index contributed by atoms with van der Waals surface area (Å²) in [6, 6.07) is -0.927. The Labute approximate surface area is 118 Å². The second-order valence-corrected chi connectivity index (χ2v) is 5.58. The fourth-order valence-corrected chi connectivity index (χ4v) is 1.63. The molecule has 1 aromatic rings. The fraction of sp³-hybridized carbons (Fsp3) is 0.692. The van der Waals surface area contributed by atoms with Crippen molar-refractivity contribution < 1.29 is 14.7 Å². The van der Waals surface area contributed by atoms with Gasteiger partial charge in [-0.15, -0.1) is 5.10 Å². The van der Waals surface area contributed by atoms with Crippen LogP contribution in [-0.2, 0) is 11.3 Å². The molecule has 1 atom stereocenters. The number of carbonyl (C=O) groups is 2. The molecule has 0 spiro atoms. The van der Waals surface area contributed by atoms with Gasteiger partial charge in [0.05, 0.1) is 6.20 Å². The van der Waals surface area contributed by atoms with Gasteiger partial charge in [-0.2, -0.15) is 0 Å². The number of aliphatic carboxylic acids is 1. The first-order chi connectivity index (χ1) is 9.31. The van der Waals surface area contributed by atoms with Gasteiger partial charge in [0.25, 0.3) is 5.91 Å². The highest BCUT2D eigenvalue weighted by Gasteiger charge is 2.25. The average molecular weight is 282 g/mol. The van der Waals surface area contributed by atoms with Crippen molar-refractivity contribution in [2.45, 2.75) is 46.7 Å². The largest absolute Gasteiger partial charge is 0.480 e. The summed E-state index contributed by atoms with van der Waals surface area (Å²) in [6.45, 7) is 8.36. The van der Waals surface area contributed by atoms with Gasteiger partial charge in [-0.3, -0.25) is 9.48 Å². The summed E-state index contributed by atoms with van der Waals surface area (Å²) in [6.07, 6.45) is 2.48. The summed E-state index contributed by atoms with van der Waals surface area (Å²) in [5.41, 5.74) is 0.139. The third-order valence-corrected chi connectivity index (χ3v) is 2.93. The van der Waals surface area contributed by atoms with E-state index in [0.29, 0.717) is 12.5 Å². The van der Waals surface area contributed by atoms with Gasteiger partial charge >= 0.3 is 5.97 Å². The zero-order valence-electron chi connectivity index (χ0n) is 12.3. The van der Waals surface area contributed by atoms with Gasteiger partial charge in [0.2, 0.25) is 0 Å². The Kier molecular flexibility index (Phi) is 5.66. The van der Waals surface area contributed by atoms with Crippen LogP contribution in [0.25, 0.3) is 0 Å². The van der Waals surface area contributed by atoms with Gasteiger partial charge in [-0.05, 0) is 18.3 Å². The maximum absolute atomic E-state index is 11.9. The van der Waals surface area contributed by atoms with Crippen LogP contribution >= 0.6 is 0 Å². The maximum Gasteiger partial charge on any atom is 0.326 e.